The molecule has 18 heteroatoms. The van der Waals surface area contributed by atoms with Crippen molar-refractivity contribution in [2.45, 2.75) is 116 Å². The lowest BCUT2D eigenvalue weighted by Gasteiger charge is -2.35. The summed E-state index contributed by atoms with van der Waals surface area (Å²) in [5, 5.41) is 15.3. The van der Waals surface area contributed by atoms with Gasteiger partial charge in [-0.25, -0.2) is 29.8 Å². The zero-order chi connectivity index (χ0) is 64.3. The second kappa shape index (κ2) is 26.8. The zero-order valence-corrected chi connectivity index (χ0v) is 53.7. The van der Waals surface area contributed by atoms with Gasteiger partial charge < -0.3 is 34.8 Å². The molecular formula is C75H85N9O9. The van der Waals surface area contributed by atoms with E-state index in [1.165, 1.54) is 97.9 Å². The zero-order valence-electron chi connectivity index (χ0n) is 53.7. The minimum atomic E-state index is -0.444. The number of amides is 2. The Morgan fingerprint density at radius 1 is 0.495 bits per heavy atom. The fourth-order valence-corrected chi connectivity index (χ4v) is 16.5. The van der Waals surface area contributed by atoms with Crippen molar-refractivity contribution < 1.29 is 43.4 Å². The van der Waals surface area contributed by atoms with E-state index in [0.717, 1.165) is 163 Å². The number of benzene rings is 6. The van der Waals surface area contributed by atoms with Gasteiger partial charge in [0.05, 0.1) is 78.6 Å². The van der Waals surface area contributed by atoms with Crippen LogP contribution in [0.1, 0.15) is 149 Å². The van der Waals surface area contributed by atoms with Gasteiger partial charge in [-0.05, 0) is 256 Å². The first-order valence-electron chi connectivity index (χ1n) is 33.1. The monoisotopic (exact) mass is 1260 g/mol. The Kier molecular flexibility index (Phi) is 18.2. The second-order valence-electron chi connectivity index (χ2n) is 27.6. The Morgan fingerprint density at radius 2 is 0.925 bits per heavy atom. The summed E-state index contributed by atoms with van der Waals surface area (Å²) in [5.74, 6) is 1.05. The lowest BCUT2D eigenvalue weighted by Crippen LogP contribution is -2.36. The van der Waals surface area contributed by atoms with Gasteiger partial charge in [0.1, 0.15) is 11.6 Å². The fraction of sp³-hybridized carbons (Fsp3) is 0.427. The Bertz CT molecular complexity index is 3900. The second-order valence-corrected chi connectivity index (χ2v) is 27.6. The number of para-hydroxylation sites is 4. The first kappa shape index (κ1) is 63.2. The van der Waals surface area contributed by atoms with Gasteiger partial charge in [0, 0.05) is 31.7 Å². The van der Waals surface area contributed by atoms with E-state index >= 15 is 0 Å². The van der Waals surface area contributed by atoms with Crippen LogP contribution in [0.3, 0.4) is 0 Å². The van der Waals surface area contributed by atoms with Crippen LogP contribution in [0.15, 0.2) is 121 Å². The summed E-state index contributed by atoms with van der Waals surface area (Å²) in [5.41, 5.74) is 19.8. The van der Waals surface area contributed by atoms with Crippen molar-refractivity contribution in [1.29, 1.82) is 0 Å². The predicted octanol–water partition coefficient (Wildman–Crippen LogP) is 10.2. The SMILES string of the molecule is COC(=O)c1ccc2c(c1)CCC1(CCN(Cc3nc4ccccc4[nH]3)C1)C2.COC(=O)c1ccc2c(c1)CCC1(CCNC1)C2.COC(=O)c1ccc2c(c1)CCC1(CCNC1=O)C2.O=C(NO)c1ccc2c(c1)CCC1(CCN(Cc3nc4ccccc4[nH]3)C1)C2. The number of carbonyl (C=O) groups is 5. The summed E-state index contributed by atoms with van der Waals surface area (Å²) < 4.78 is 14.4. The molecule has 4 atom stereocenters. The number of likely N-dealkylation sites (tertiary alicyclic amines) is 2. The van der Waals surface area contributed by atoms with Crippen LogP contribution in [-0.2, 0) is 83.5 Å². The minimum Gasteiger partial charge on any atom is -0.465 e. The number of aryl methyl sites for hydroxylation is 4. The smallest absolute Gasteiger partial charge is 0.337 e. The van der Waals surface area contributed by atoms with Gasteiger partial charge in [0.15, 0.2) is 0 Å². The normalized spacial score (nSPS) is 23.3. The summed E-state index contributed by atoms with van der Waals surface area (Å²) in [6, 6.07) is 39.9. The molecule has 93 heavy (non-hydrogen) atoms. The maximum absolute atomic E-state index is 12.0. The van der Waals surface area contributed by atoms with Crippen molar-refractivity contribution in [2.75, 3.05) is 67.1 Å². The number of fused-ring (bicyclic) bond motifs is 6. The van der Waals surface area contributed by atoms with Crippen molar-refractivity contribution in [3.05, 3.63) is 200 Å². The molecule has 4 aliphatic heterocycles. The van der Waals surface area contributed by atoms with Gasteiger partial charge in [0.2, 0.25) is 5.91 Å². The van der Waals surface area contributed by atoms with Gasteiger partial charge in [-0.15, -0.1) is 0 Å². The molecule has 6 heterocycles. The highest BCUT2D eigenvalue weighted by Crippen LogP contribution is 2.46. The fourth-order valence-electron chi connectivity index (χ4n) is 16.5. The number of rotatable bonds is 8. The topological polar surface area (TPSA) is 233 Å². The summed E-state index contributed by atoms with van der Waals surface area (Å²) in [4.78, 5) is 79.9. The molecule has 0 saturated carbocycles. The number of imidazole rings is 2. The number of hydrogen-bond donors (Lipinski definition) is 6. The molecule has 2 aromatic heterocycles. The van der Waals surface area contributed by atoms with E-state index in [1.807, 2.05) is 78.9 Å². The van der Waals surface area contributed by atoms with Crippen molar-refractivity contribution in [3.63, 3.8) is 0 Å². The number of aromatic nitrogens is 4. The van der Waals surface area contributed by atoms with Crippen LogP contribution >= 0.6 is 0 Å². The molecule has 4 spiro atoms. The van der Waals surface area contributed by atoms with Crippen LogP contribution < -0.4 is 16.1 Å². The van der Waals surface area contributed by atoms with E-state index in [-0.39, 0.29) is 29.2 Å². The number of hydroxylamine groups is 1. The molecule has 8 aromatic rings. The minimum absolute atomic E-state index is 0.190. The van der Waals surface area contributed by atoms with Crippen molar-refractivity contribution >= 4 is 51.8 Å². The highest BCUT2D eigenvalue weighted by molar-refractivity contribution is 5.94. The van der Waals surface area contributed by atoms with E-state index in [2.05, 4.69) is 66.8 Å². The number of esters is 3. The van der Waals surface area contributed by atoms with E-state index in [9.17, 15) is 24.0 Å². The Labute approximate surface area is 542 Å². The molecule has 8 aliphatic rings. The number of nitrogens with zero attached hydrogens (tertiary/aromatic N) is 4. The molecule has 6 aromatic carbocycles. The van der Waals surface area contributed by atoms with Crippen LogP contribution in [0.2, 0.25) is 0 Å². The van der Waals surface area contributed by atoms with Crippen molar-refractivity contribution in [2.24, 2.45) is 21.7 Å². The van der Waals surface area contributed by atoms with Gasteiger partial charge in [-0.1, -0.05) is 48.5 Å². The number of aromatic amines is 2. The standard InChI is InChI=1S/C23H25N3O2.C22H24N4O2.C15H17NO3.C15H19NO2/c1-28-22(27)17-6-7-18-13-23(9-8-16(18)12-17)10-11-26(15-23)14-21-24-19-4-2-3-5-20(19)25-21;27-21(25-28)16-5-6-17-12-22(8-7-15(17)11-16)9-10-26(14-22)13-20-23-18-3-1-2-4-19(18)24-20;1-19-13(17)11-2-3-12-9-15(5-4-10(12)8-11)6-7-16-14(15)18;1-18-14(17)12-2-3-13-9-15(6-7-16-10-15)5-4-11(13)8-12/h2-7,12H,8-11,13-15H2,1H3,(H,24,25);1-6,11,28H,7-10,12-14H2,(H,23,24)(H,25,27);2-3,8H,4-7,9H2,1H3,(H,16,18);2-3,8,16H,4-7,9-10H2,1H3. The van der Waals surface area contributed by atoms with E-state index in [0.29, 0.717) is 38.5 Å². The predicted molar refractivity (Wildman–Crippen MR) is 354 cm³/mol. The van der Waals surface area contributed by atoms with Crippen molar-refractivity contribution in [3.8, 4) is 0 Å². The number of ether oxygens (including phenoxy) is 3. The molecule has 0 radical (unpaired) electrons. The maximum atomic E-state index is 12.0. The van der Waals surface area contributed by atoms with Gasteiger partial charge in [0.25, 0.3) is 5.91 Å². The maximum Gasteiger partial charge on any atom is 0.337 e. The van der Waals surface area contributed by atoms with Crippen LogP contribution in [0.5, 0.6) is 0 Å². The lowest BCUT2D eigenvalue weighted by molar-refractivity contribution is -0.128. The van der Waals surface area contributed by atoms with E-state index < -0.39 is 5.91 Å². The van der Waals surface area contributed by atoms with Crippen LogP contribution in [0, 0.1) is 21.7 Å². The highest BCUT2D eigenvalue weighted by atomic mass is 16.5. The van der Waals surface area contributed by atoms with Crippen LogP contribution in [0.4, 0.5) is 0 Å². The quantitative estimate of drug-likeness (QED) is 0.0360. The first-order valence-corrected chi connectivity index (χ1v) is 33.1. The van der Waals surface area contributed by atoms with Gasteiger partial charge in [-0.2, -0.15) is 0 Å². The van der Waals surface area contributed by atoms with Gasteiger partial charge in [-0.3, -0.25) is 24.6 Å². The third-order valence-electron chi connectivity index (χ3n) is 21.7. The highest BCUT2D eigenvalue weighted by Gasteiger charge is 2.45. The Morgan fingerprint density at radius 3 is 1.35 bits per heavy atom. The molecule has 18 nitrogen and oxygen atoms in total. The van der Waals surface area contributed by atoms with Crippen LogP contribution in [-0.4, -0.2) is 132 Å². The molecule has 4 saturated heterocycles. The Hall–Kier alpha value is -8.55. The Balaban J connectivity index is 0.000000115. The molecular weight excluding hydrogens is 1170 g/mol. The molecule has 0 bridgehead atoms. The molecule has 4 unspecified atom stereocenters. The number of carbonyl (C=O) groups excluding carboxylic acids is 5. The molecule has 484 valence electrons. The van der Waals surface area contributed by atoms with Gasteiger partial charge >= 0.3 is 17.9 Å². The molecule has 2 amide bonds. The average Bonchev–Trinajstić information content (AvgIpc) is 1.98. The lowest BCUT2D eigenvalue weighted by atomic mass is 9.70. The largest absolute Gasteiger partial charge is 0.465 e. The van der Waals surface area contributed by atoms with E-state index in [4.69, 9.17) is 29.4 Å². The number of nitrogens with one attached hydrogen (secondary N) is 5. The number of methoxy groups -OCH3 is 3. The molecule has 6 N–H and O–H groups in total. The van der Waals surface area contributed by atoms with E-state index in [1.54, 1.807) is 11.5 Å². The molecule has 16 rings (SSSR count). The summed E-state index contributed by atoms with van der Waals surface area (Å²) >= 11 is 0. The summed E-state index contributed by atoms with van der Waals surface area (Å²) in [6.45, 7) is 9.23. The third kappa shape index (κ3) is 13.6. The number of hydrogen-bond acceptors (Lipinski definition) is 14. The van der Waals surface area contributed by atoms with Crippen LogP contribution in [0.25, 0.3) is 22.1 Å². The summed E-state index contributed by atoms with van der Waals surface area (Å²) in [6.07, 6.45) is 17.1. The number of H-pyrrole nitrogens is 2. The van der Waals surface area contributed by atoms with Crippen molar-refractivity contribution in [1.82, 2.24) is 45.8 Å². The average molecular weight is 1260 g/mol. The summed E-state index contributed by atoms with van der Waals surface area (Å²) in [7, 11) is 4.26. The molecule has 4 aliphatic carbocycles. The first-order chi connectivity index (χ1) is 45.1. The molecule has 4 fully saturated rings. The third-order valence-corrected chi connectivity index (χ3v) is 21.7.